The van der Waals surface area contributed by atoms with E-state index in [0.717, 1.165) is 47.0 Å². The third-order valence-electron chi connectivity index (χ3n) is 5.86. The molecule has 0 fully saturated rings. The van der Waals surface area contributed by atoms with Gasteiger partial charge in [0.1, 0.15) is 11.4 Å². The zero-order valence-corrected chi connectivity index (χ0v) is 18.1. The van der Waals surface area contributed by atoms with Gasteiger partial charge in [0.15, 0.2) is 0 Å². The first-order valence-corrected chi connectivity index (χ1v) is 11.1. The minimum atomic E-state index is -0.0921. The van der Waals surface area contributed by atoms with E-state index in [-0.39, 0.29) is 18.0 Å². The second-order valence-electron chi connectivity index (χ2n) is 8.13. The molecular formula is C23H27N3O2S. The number of fused-ring (bicyclic) bond motifs is 3. The number of thiophene rings is 1. The van der Waals surface area contributed by atoms with Crippen LogP contribution in [0.3, 0.4) is 0 Å². The van der Waals surface area contributed by atoms with Gasteiger partial charge < -0.3 is 4.90 Å². The van der Waals surface area contributed by atoms with Crippen molar-refractivity contribution in [2.45, 2.75) is 52.6 Å². The molecule has 1 aromatic carbocycles. The van der Waals surface area contributed by atoms with E-state index in [4.69, 9.17) is 0 Å². The summed E-state index contributed by atoms with van der Waals surface area (Å²) in [7, 11) is 1.78. The molecular weight excluding hydrogens is 382 g/mol. The van der Waals surface area contributed by atoms with Crippen LogP contribution in [0.4, 0.5) is 0 Å². The van der Waals surface area contributed by atoms with Crippen molar-refractivity contribution < 1.29 is 4.79 Å². The highest BCUT2D eigenvalue weighted by atomic mass is 32.1. The average Bonchev–Trinajstić information content (AvgIpc) is 3.08. The SMILES string of the molecule is CCc1ccc(CN(C)C(=O)Cn2cnc3sc4c(c3c2=O)CC[C@H](C)C4)cc1. The number of nitrogens with zero attached hydrogens (tertiary/aromatic N) is 3. The number of aromatic nitrogens is 2. The van der Waals surface area contributed by atoms with Gasteiger partial charge >= 0.3 is 0 Å². The molecule has 4 rings (SSSR count). The van der Waals surface area contributed by atoms with E-state index in [0.29, 0.717) is 12.5 Å². The van der Waals surface area contributed by atoms with E-state index >= 15 is 0 Å². The highest BCUT2D eigenvalue weighted by Gasteiger charge is 2.23. The Kier molecular flexibility index (Phi) is 5.54. The van der Waals surface area contributed by atoms with Gasteiger partial charge in [-0.25, -0.2) is 4.98 Å². The molecule has 0 saturated carbocycles. The van der Waals surface area contributed by atoms with Gasteiger partial charge in [-0.2, -0.15) is 0 Å². The maximum Gasteiger partial charge on any atom is 0.262 e. The zero-order valence-electron chi connectivity index (χ0n) is 17.3. The highest BCUT2D eigenvalue weighted by molar-refractivity contribution is 7.18. The highest BCUT2D eigenvalue weighted by Crippen LogP contribution is 2.35. The van der Waals surface area contributed by atoms with Crippen molar-refractivity contribution in [1.82, 2.24) is 14.5 Å². The minimum absolute atomic E-state index is 0.0202. The molecule has 0 saturated heterocycles. The van der Waals surface area contributed by atoms with E-state index in [1.807, 2.05) is 0 Å². The average molecular weight is 410 g/mol. The molecule has 0 unspecified atom stereocenters. The number of carbonyl (C=O) groups excluding carboxylic acids is 1. The fourth-order valence-electron chi connectivity index (χ4n) is 3.99. The normalized spacial score (nSPS) is 16.0. The van der Waals surface area contributed by atoms with Crippen LogP contribution in [0.2, 0.25) is 0 Å². The standard InChI is InChI=1S/C23H27N3O2S/c1-4-16-6-8-17(9-7-16)12-25(3)20(27)13-26-14-24-22-21(23(26)28)18-10-5-15(2)11-19(18)29-22/h6-9,14-15H,4-5,10-13H2,1-3H3/t15-/m0/s1. The summed E-state index contributed by atoms with van der Waals surface area (Å²) >= 11 is 1.64. The molecule has 1 amide bonds. The summed E-state index contributed by atoms with van der Waals surface area (Å²) in [6.45, 7) is 4.92. The lowest BCUT2D eigenvalue weighted by molar-refractivity contribution is -0.131. The smallest absolute Gasteiger partial charge is 0.262 e. The van der Waals surface area contributed by atoms with Gasteiger partial charge in [0.2, 0.25) is 5.91 Å². The molecule has 29 heavy (non-hydrogen) atoms. The van der Waals surface area contributed by atoms with Gasteiger partial charge in [0.25, 0.3) is 5.56 Å². The Morgan fingerprint density at radius 1 is 1.28 bits per heavy atom. The molecule has 152 valence electrons. The number of carbonyl (C=O) groups is 1. The van der Waals surface area contributed by atoms with Crippen molar-refractivity contribution in [2.75, 3.05) is 7.05 Å². The Balaban J connectivity index is 1.53. The van der Waals surface area contributed by atoms with Gasteiger partial charge in [-0.05, 0) is 48.3 Å². The summed E-state index contributed by atoms with van der Waals surface area (Å²) in [4.78, 5) is 34.1. The minimum Gasteiger partial charge on any atom is -0.340 e. The van der Waals surface area contributed by atoms with Crippen LogP contribution in [-0.2, 0) is 37.1 Å². The van der Waals surface area contributed by atoms with Crippen molar-refractivity contribution in [2.24, 2.45) is 5.92 Å². The van der Waals surface area contributed by atoms with Crippen molar-refractivity contribution in [3.63, 3.8) is 0 Å². The van der Waals surface area contributed by atoms with E-state index in [1.54, 1.807) is 23.3 Å². The maximum absolute atomic E-state index is 13.1. The predicted octanol–water partition coefficient (Wildman–Crippen LogP) is 3.80. The molecule has 0 radical (unpaired) electrons. The monoisotopic (exact) mass is 409 g/mol. The van der Waals surface area contributed by atoms with Crippen molar-refractivity contribution >= 4 is 27.5 Å². The van der Waals surface area contributed by atoms with E-state index in [9.17, 15) is 9.59 Å². The molecule has 0 aliphatic heterocycles. The van der Waals surface area contributed by atoms with Crippen molar-refractivity contribution in [1.29, 1.82) is 0 Å². The van der Waals surface area contributed by atoms with Crippen LogP contribution in [0, 0.1) is 5.92 Å². The van der Waals surface area contributed by atoms with Crippen LogP contribution >= 0.6 is 11.3 Å². The molecule has 5 nitrogen and oxygen atoms in total. The largest absolute Gasteiger partial charge is 0.340 e. The molecule has 1 aliphatic rings. The zero-order chi connectivity index (χ0) is 20.5. The van der Waals surface area contributed by atoms with Crippen LogP contribution in [0.25, 0.3) is 10.2 Å². The second kappa shape index (κ2) is 8.11. The number of amides is 1. The van der Waals surface area contributed by atoms with Gasteiger partial charge in [-0.1, -0.05) is 38.1 Å². The fraction of sp³-hybridized carbons (Fsp3) is 0.435. The predicted molar refractivity (Wildman–Crippen MR) is 117 cm³/mol. The molecule has 1 atom stereocenters. The summed E-state index contributed by atoms with van der Waals surface area (Å²) in [5.41, 5.74) is 3.44. The summed E-state index contributed by atoms with van der Waals surface area (Å²) in [5.74, 6) is 0.560. The second-order valence-corrected chi connectivity index (χ2v) is 9.21. The van der Waals surface area contributed by atoms with E-state index < -0.39 is 0 Å². The first-order chi connectivity index (χ1) is 14.0. The summed E-state index contributed by atoms with van der Waals surface area (Å²) in [6.07, 6.45) is 5.58. The molecule has 1 aliphatic carbocycles. The van der Waals surface area contributed by atoms with Crippen LogP contribution in [0.1, 0.15) is 41.8 Å². The number of benzene rings is 1. The molecule has 0 N–H and O–H groups in total. The number of aryl methyl sites for hydroxylation is 2. The molecule has 6 heteroatoms. The lowest BCUT2D eigenvalue weighted by Crippen LogP contribution is -2.33. The lowest BCUT2D eigenvalue weighted by Gasteiger charge is -2.19. The third kappa shape index (κ3) is 3.99. The number of likely N-dealkylation sites (N-methyl/N-ethyl adjacent to an activating group) is 1. The topological polar surface area (TPSA) is 55.2 Å². The Hall–Kier alpha value is -2.47. The Morgan fingerprint density at radius 2 is 2.00 bits per heavy atom. The number of hydrogen-bond acceptors (Lipinski definition) is 4. The fourth-order valence-corrected chi connectivity index (χ4v) is 5.33. The Labute approximate surface area is 175 Å². The van der Waals surface area contributed by atoms with Gasteiger partial charge in [0.05, 0.1) is 11.7 Å². The summed E-state index contributed by atoms with van der Waals surface area (Å²) < 4.78 is 1.46. The lowest BCUT2D eigenvalue weighted by atomic mass is 9.89. The van der Waals surface area contributed by atoms with Gasteiger partial charge in [-0.15, -0.1) is 11.3 Å². The van der Waals surface area contributed by atoms with Crippen LogP contribution in [-0.4, -0.2) is 27.4 Å². The Bertz CT molecular complexity index is 1100. The Morgan fingerprint density at radius 3 is 2.72 bits per heavy atom. The van der Waals surface area contributed by atoms with Gasteiger partial charge in [-0.3, -0.25) is 14.2 Å². The number of rotatable bonds is 5. The third-order valence-corrected chi connectivity index (χ3v) is 7.03. The summed E-state index contributed by atoms with van der Waals surface area (Å²) in [6, 6.07) is 8.30. The first-order valence-electron chi connectivity index (χ1n) is 10.3. The van der Waals surface area contributed by atoms with Crippen molar-refractivity contribution in [3.8, 4) is 0 Å². The quantitative estimate of drug-likeness (QED) is 0.644. The van der Waals surface area contributed by atoms with Crippen LogP contribution < -0.4 is 5.56 Å². The van der Waals surface area contributed by atoms with Crippen LogP contribution in [0.5, 0.6) is 0 Å². The molecule has 2 heterocycles. The van der Waals surface area contributed by atoms with E-state index in [2.05, 4.69) is 43.1 Å². The van der Waals surface area contributed by atoms with Gasteiger partial charge in [0, 0.05) is 18.5 Å². The van der Waals surface area contributed by atoms with Crippen LogP contribution in [0.15, 0.2) is 35.4 Å². The molecule has 2 aromatic heterocycles. The first kappa shape index (κ1) is 19.8. The van der Waals surface area contributed by atoms with Crippen molar-refractivity contribution in [3.05, 3.63) is 62.5 Å². The summed E-state index contributed by atoms with van der Waals surface area (Å²) in [5, 5.41) is 0.727. The molecule has 3 aromatic rings. The maximum atomic E-state index is 13.1. The number of hydrogen-bond donors (Lipinski definition) is 0. The molecule has 0 spiro atoms. The molecule has 0 bridgehead atoms. The van der Waals surface area contributed by atoms with E-state index in [1.165, 1.54) is 21.3 Å².